The molecule has 0 radical (unpaired) electrons. The fourth-order valence-electron chi connectivity index (χ4n) is 7.61. The smallest absolute Gasteiger partial charge is 0.469 e. The molecule has 6 heterocycles. The molecule has 13 nitrogen and oxygen atoms in total. The topological polar surface area (TPSA) is 146 Å². The highest BCUT2D eigenvalue weighted by Gasteiger charge is 2.52. The van der Waals surface area contributed by atoms with E-state index in [0.29, 0.717) is 40.9 Å². The SMILES string of the molecule is C=O.CCC.CCC.CNCC(=O)N1CCCC1c1ncc(-c2cc(F)c3c(c2)OC(c2ccc(C4CC4)s2)n2c-3cc3cc(B4OC(C)(C)C(C)(C)O4)ccc32)[nH]1.COC.COC(C)=O. The van der Waals surface area contributed by atoms with E-state index in [2.05, 4.69) is 115 Å². The lowest BCUT2D eigenvalue weighted by atomic mass is 9.78. The third-order valence-corrected chi connectivity index (χ3v) is 12.7. The van der Waals surface area contributed by atoms with Crippen LogP contribution in [0.2, 0.25) is 0 Å². The Morgan fingerprint density at radius 1 is 0.955 bits per heavy atom. The van der Waals surface area contributed by atoms with Crippen LogP contribution < -0.4 is 15.5 Å². The van der Waals surface area contributed by atoms with Crippen LogP contribution >= 0.6 is 11.3 Å². The van der Waals surface area contributed by atoms with Gasteiger partial charge in [-0.15, -0.1) is 11.3 Å². The van der Waals surface area contributed by atoms with Gasteiger partial charge in [-0.25, -0.2) is 9.37 Å². The normalized spacial score (nSPS) is 18.2. The van der Waals surface area contributed by atoms with E-state index in [-0.39, 0.29) is 30.3 Å². The van der Waals surface area contributed by atoms with Gasteiger partial charge in [0.2, 0.25) is 12.1 Å². The summed E-state index contributed by atoms with van der Waals surface area (Å²) in [4.78, 5) is 42.7. The summed E-state index contributed by atoms with van der Waals surface area (Å²) < 4.78 is 46.6. The molecule has 3 aliphatic heterocycles. The fraction of sp³-hybridized carbons (Fsp3) is 0.520. The lowest BCUT2D eigenvalue weighted by molar-refractivity contribution is -0.138. The molecule has 2 saturated heterocycles. The minimum Gasteiger partial charge on any atom is -0.469 e. The highest BCUT2D eigenvalue weighted by molar-refractivity contribution is 7.12. The van der Waals surface area contributed by atoms with Gasteiger partial charge in [0.25, 0.3) is 0 Å². The molecule has 3 aromatic heterocycles. The zero-order valence-electron chi connectivity index (χ0n) is 41.3. The maximum absolute atomic E-state index is 16.5. The molecule has 0 spiro atoms. The van der Waals surface area contributed by atoms with E-state index in [1.54, 1.807) is 44.9 Å². The van der Waals surface area contributed by atoms with Crippen LogP contribution in [0, 0.1) is 5.82 Å². The number of nitrogens with zero attached hydrogens (tertiary/aromatic N) is 3. The van der Waals surface area contributed by atoms with Gasteiger partial charge in [0.05, 0.1) is 64.4 Å². The number of H-pyrrole nitrogens is 1. The maximum Gasteiger partial charge on any atom is 0.494 e. The number of methoxy groups -OCH3 is 2. The molecule has 0 bridgehead atoms. The minimum absolute atomic E-state index is 0.0455. The summed E-state index contributed by atoms with van der Waals surface area (Å²) in [5, 5.41) is 3.92. The van der Waals surface area contributed by atoms with Crippen LogP contribution in [-0.4, -0.2) is 97.9 Å². The number of benzene rings is 2. The highest BCUT2D eigenvalue weighted by Crippen LogP contribution is 2.50. The molecule has 1 amide bonds. The molecule has 3 fully saturated rings. The van der Waals surface area contributed by atoms with Gasteiger partial charge in [-0.05, 0) is 108 Å². The Kier molecular flexibility index (Phi) is 19.7. The Balaban J connectivity index is 0.000000525. The van der Waals surface area contributed by atoms with Crippen molar-refractivity contribution in [1.29, 1.82) is 0 Å². The quantitative estimate of drug-likeness (QED) is 0.119. The van der Waals surface area contributed by atoms with Crippen molar-refractivity contribution in [1.82, 2.24) is 24.8 Å². The summed E-state index contributed by atoms with van der Waals surface area (Å²) >= 11 is 1.78. The summed E-state index contributed by atoms with van der Waals surface area (Å²) in [6, 6.07) is 16.0. The molecule has 16 heteroatoms. The second-order valence-electron chi connectivity index (χ2n) is 17.6. The van der Waals surface area contributed by atoms with E-state index in [0.717, 1.165) is 39.8 Å². The zero-order valence-corrected chi connectivity index (χ0v) is 42.1. The number of carbonyl (C=O) groups excluding carboxylic acids is 3. The van der Waals surface area contributed by atoms with Crippen molar-refractivity contribution < 1.29 is 42.3 Å². The van der Waals surface area contributed by atoms with Crippen molar-refractivity contribution in [3.05, 3.63) is 76.1 Å². The first-order valence-electron chi connectivity index (χ1n) is 22.9. The van der Waals surface area contributed by atoms with Gasteiger partial charge in [0, 0.05) is 43.5 Å². The lowest BCUT2D eigenvalue weighted by Gasteiger charge is -2.32. The van der Waals surface area contributed by atoms with Crippen molar-refractivity contribution in [3.8, 4) is 28.3 Å². The number of nitrogens with one attached hydrogen (secondary N) is 2. The lowest BCUT2D eigenvalue weighted by Crippen LogP contribution is -2.41. The van der Waals surface area contributed by atoms with Crippen LogP contribution in [0.5, 0.6) is 5.75 Å². The monoisotopic (exact) mass is 932 g/mol. The van der Waals surface area contributed by atoms with E-state index in [1.807, 2.05) is 23.8 Å². The molecule has 2 aromatic carbocycles. The molecule has 9 rings (SSSR count). The van der Waals surface area contributed by atoms with Gasteiger partial charge in [0.15, 0.2) is 0 Å². The van der Waals surface area contributed by atoms with Crippen LogP contribution in [0.3, 0.4) is 0 Å². The average Bonchev–Trinajstić information content (AvgIpc) is 3.73. The number of halogens is 1. The number of carbonyl (C=O) groups is 3. The fourth-order valence-corrected chi connectivity index (χ4v) is 8.81. The van der Waals surface area contributed by atoms with Gasteiger partial charge < -0.3 is 43.5 Å². The number of likely N-dealkylation sites (tertiary alicyclic amines) is 1. The van der Waals surface area contributed by atoms with E-state index in [4.69, 9.17) is 18.8 Å². The minimum atomic E-state index is -0.504. The Labute approximate surface area is 395 Å². The standard InChI is InChI=1S/C38H41BFN5O4S.C3H6O2.2C3H8.C2H6O.CH2O/c1-37(2)38(3,4)49-39(48-37)24-10-11-27-23(15-24)17-29-34-25(40)16-22(26-19-42-35(43-26)28-7-6-14-44(28)33(46)20-41-5)18-30(34)47-36(45(27)29)32-13-12-31(50-32)21-8-9-21;1-3(4)5-2;3*1-3-2;1-2/h10-13,15-19,21,28,36,41H,6-9,14,20H2,1-5H3,(H,42,43);1-2H3;2*3H2,1-2H3;1-2H3;1H2. The number of rotatable bonds is 7. The van der Waals surface area contributed by atoms with Gasteiger partial charge in [0.1, 0.15) is 24.2 Å². The molecule has 2 unspecified atom stereocenters. The molecule has 2 atom stereocenters. The van der Waals surface area contributed by atoms with Crippen molar-refractivity contribution >= 4 is 53.5 Å². The van der Waals surface area contributed by atoms with Gasteiger partial charge >= 0.3 is 13.1 Å². The van der Waals surface area contributed by atoms with E-state index < -0.39 is 24.5 Å². The van der Waals surface area contributed by atoms with E-state index in [9.17, 15) is 9.59 Å². The number of thiophene rings is 1. The second kappa shape index (κ2) is 24.2. The van der Waals surface area contributed by atoms with Crippen LogP contribution in [-0.2, 0) is 33.2 Å². The number of aromatic amines is 1. The Morgan fingerprint density at radius 2 is 1.56 bits per heavy atom. The molecule has 5 aromatic rings. The largest absolute Gasteiger partial charge is 0.494 e. The third-order valence-electron chi connectivity index (χ3n) is 11.5. The maximum atomic E-state index is 16.5. The summed E-state index contributed by atoms with van der Waals surface area (Å²) in [6.45, 7) is 21.0. The predicted octanol–water partition coefficient (Wildman–Crippen LogP) is 9.99. The molecular weight excluding hydrogens is 860 g/mol. The Bertz CT molecular complexity index is 2340. The van der Waals surface area contributed by atoms with Crippen LogP contribution in [0.25, 0.3) is 33.4 Å². The number of amides is 1. The average molecular weight is 932 g/mol. The second-order valence-corrected chi connectivity index (χ2v) is 18.7. The number of hydrogen-bond acceptors (Lipinski definition) is 11. The van der Waals surface area contributed by atoms with Crippen molar-refractivity contribution in [3.63, 3.8) is 0 Å². The summed E-state index contributed by atoms with van der Waals surface area (Å²) in [5.74, 6) is 1.24. The van der Waals surface area contributed by atoms with Gasteiger partial charge in [-0.2, -0.15) is 0 Å². The number of esters is 1. The first-order valence-corrected chi connectivity index (χ1v) is 23.7. The van der Waals surface area contributed by atoms with Crippen LogP contribution in [0.1, 0.15) is 135 Å². The number of aromatic nitrogens is 3. The van der Waals surface area contributed by atoms with E-state index in [1.165, 1.54) is 44.6 Å². The zero-order chi connectivity index (χ0) is 48.9. The summed E-state index contributed by atoms with van der Waals surface area (Å²) in [7, 11) is 5.87. The third kappa shape index (κ3) is 12.4. The van der Waals surface area contributed by atoms with Crippen molar-refractivity contribution in [2.45, 2.75) is 130 Å². The molecule has 4 aliphatic rings. The molecule has 1 aliphatic carbocycles. The molecular formula is C50H71BFN5O8S. The van der Waals surface area contributed by atoms with Gasteiger partial charge in [-0.3, -0.25) is 14.2 Å². The van der Waals surface area contributed by atoms with Gasteiger partial charge in [-0.1, -0.05) is 52.7 Å². The van der Waals surface area contributed by atoms with Crippen molar-refractivity contribution in [2.75, 3.05) is 41.5 Å². The highest BCUT2D eigenvalue weighted by atomic mass is 32.1. The summed E-state index contributed by atoms with van der Waals surface area (Å²) in [6.07, 6.45) is 7.94. The Hall–Kier alpha value is -4.87. The molecule has 2 N–H and O–H groups in total. The summed E-state index contributed by atoms with van der Waals surface area (Å²) in [5.41, 5.74) is 3.47. The predicted molar refractivity (Wildman–Crippen MR) is 263 cm³/mol. The number of imidazole rings is 1. The van der Waals surface area contributed by atoms with E-state index >= 15 is 4.39 Å². The van der Waals surface area contributed by atoms with Crippen LogP contribution in [0.15, 0.2) is 54.7 Å². The number of likely N-dealkylation sites (N-methyl/N-ethyl adjacent to an activating group) is 1. The van der Waals surface area contributed by atoms with Crippen molar-refractivity contribution in [2.24, 2.45) is 0 Å². The molecule has 66 heavy (non-hydrogen) atoms. The van der Waals surface area contributed by atoms with Crippen LogP contribution in [0.4, 0.5) is 4.39 Å². The first-order chi connectivity index (χ1) is 31.5. The molecule has 1 saturated carbocycles. The first kappa shape index (κ1) is 53.7. The molecule has 360 valence electrons. The number of hydrogen-bond donors (Lipinski definition) is 2. The number of ether oxygens (including phenoxy) is 3. The Morgan fingerprint density at radius 3 is 2.14 bits per heavy atom. The number of fused-ring (bicyclic) bond motifs is 5.